The molecule has 0 spiro atoms. The molecule has 0 fully saturated rings. The maximum atomic E-state index is 10.9. The number of aliphatic hydroxyl groups is 1. The molecule has 0 amide bonds. The van der Waals surface area contributed by atoms with Crippen LogP contribution in [0.25, 0.3) is 0 Å². The largest absolute Gasteiger partial charge is 0.370 e. The van der Waals surface area contributed by atoms with E-state index in [0.717, 1.165) is 5.56 Å². The van der Waals surface area contributed by atoms with E-state index in [1.54, 1.807) is 16.8 Å². The Balaban J connectivity index is 0.00000180. The van der Waals surface area contributed by atoms with Crippen LogP contribution in [0.3, 0.4) is 0 Å². The summed E-state index contributed by atoms with van der Waals surface area (Å²) in [5.74, 6) is 0. The quantitative estimate of drug-likeness (QED) is 0.690. The number of benzene rings is 1. The van der Waals surface area contributed by atoms with E-state index < -0.39 is 15.6 Å². The first kappa shape index (κ1) is 16.1. The molecule has 0 saturated carbocycles. The third kappa shape index (κ3) is 4.01. The van der Waals surface area contributed by atoms with E-state index >= 15 is 0 Å². The summed E-state index contributed by atoms with van der Waals surface area (Å²) in [6, 6.07) is 12.5. The van der Waals surface area contributed by atoms with Gasteiger partial charge in [-0.25, -0.2) is 0 Å². The standard InChI is InChI=1S/C12H13NO4S.W/c14-12(18(15,16)17)11-7-4-8-13(11)9-10-5-2-1-3-6-10;/h1-8,12,14H,9H2,(H,15,16,17);. The molecule has 2 N–H and O–H groups in total. The third-order valence-corrected chi connectivity index (χ3v) is 3.40. The molecule has 1 heterocycles. The SMILES string of the molecule is O=S(=O)(O)C(O)c1cccn1Cc1ccccc1.[W]. The zero-order valence-electron chi connectivity index (χ0n) is 9.88. The summed E-state index contributed by atoms with van der Waals surface area (Å²) < 4.78 is 32.3. The minimum atomic E-state index is -4.51. The molecule has 0 radical (unpaired) electrons. The number of hydrogen-bond acceptors (Lipinski definition) is 3. The summed E-state index contributed by atoms with van der Waals surface area (Å²) >= 11 is 0. The fraction of sp³-hybridized carbons (Fsp3) is 0.167. The van der Waals surface area contributed by atoms with Gasteiger partial charge < -0.3 is 9.67 Å². The number of rotatable bonds is 4. The zero-order valence-corrected chi connectivity index (χ0v) is 13.6. The van der Waals surface area contributed by atoms with Crippen molar-refractivity contribution >= 4 is 10.1 Å². The molecule has 1 aromatic carbocycles. The van der Waals surface area contributed by atoms with E-state index in [1.165, 1.54) is 6.07 Å². The first-order valence-electron chi connectivity index (χ1n) is 5.32. The Morgan fingerprint density at radius 3 is 2.32 bits per heavy atom. The molecule has 1 unspecified atom stereocenters. The predicted octanol–water partition coefficient (Wildman–Crippen LogP) is 1.41. The van der Waals surface area contributed by atoms with Crippen molar-refractivity contribution in [1.29, 1.82) is 0 Å². The Morgan fingerprint density at radius 1 is 1.11 bits per heavy atom. The number of aromatic nitrogens is 1. The van der Waals surface area contributed by atoms with E-state index in [0.29, 0.717) is 6.54 Å². The fourth-order valence-corrected chi connectivity index (χ4v) is 2.25. The van der Waals surface area contributed by atoms with Gasteiger partial charge >= 0.3 is 0 Å². The van der Waals surface area contributed by atoms with Gasteiger partial charge in [0.1, 0.15) is 0 Å². The molecular formula is C12H13NO4SW. The second-order valence-corrected chi connectivity index (χ2v) is 5.39. The molecule has 0 aliphatic rings. The van der Waals surface area contributed by atoms with Gasteiger partial charge in [-0.2, -0.15) is 8.42 Å². The van der Waals surface area contributed by atoms with Crippen molar-refractivity contribution in [3.05, 3.63) is 59.9 Å². The summed E-state index contributed by atoms with van der Waals surface area (Å²) in [7, 11) is -4.51. The number of nitrogens with zero attached hydrogens (tertiary/aromatic N) is 1. The van der Waals surface area contributed by atoms with E-state index in [1.807, 2.05) is 30.3 Å². The number of aliphatic hydroxyl groups excluding tert-OH is 1. The molecule has 0 aliphatic carbocycles. The molecule has 7 heteroatoms. The van der Waals surface area contributed by atoms with Gasteiger partial charge in [-0.15, -0.1) is 0 Å². The Labute approximate surface area is 125 Å². The molecule has 0 saturated heterocycles. The van der Waals surface area contributed by atoms with Gasteiger partial charge in [-0.05, 0) is 17.7 Å². The molecule has 2 rings (SSSR count). The van der Waals surface area contributed by atoms with E-state index in [2.05, 4.69) is 0 Å². The molecule has 1 aromatic heterocycles. The van der Waals surface area contributed by atoms with Crippen molar-refractivity contribution in [2.75, 3.05) is 0 Å². The third-order valence-electron chi connectivity index (χ3n) is 2.60. The van der Waals surface area contributed by atoms with Gasteiger partial charge in [0.05, 0.1) is 5.69 Å². The minimum absolute atomic E-state index is 0. The van der Waals surface area contributed by atoms with Crippen molar-refractivity contribution in [2.45, 2.75) is 12.0 Å². The molecule has 102 valence electrons. The number of hydrogen-bond donors (Lipinski definition) is 2. The van der Waals surface area contributed by atoms with Gasteiger partial charge in [-0.1, -0.05) is 30.3 Å². The van der Waals surface area contributed by atoms with Gasteiger partial charge in [0.25, 0.3) is 10.1 Å². The summed E-state index contributed by atoms with van der Waals surface area (Å²) in [6.07, 6.45) is 1.65. The Kier molecular flexibility index (Phi) is 5.49. The second kappa shape index (κ2) is 6.48. The Hall–Kier alpha value is -0.942. The molecule has 19 heavy (non-hydrogen) atoms. The fourth-order valence-electron chi connectivity index (χ4n) is 1.73. The predicted molar refractivity (Wildman–Crippen MR) is 66.5 cm³/mol. The van der Waals surface area contributed by atoms with Gasteiger partial charge in [0, 0.05) is 33.8 Å². The average Bonchev–Trinajstić information content (AvgIpc) is 2.76. The molecule has 5 nitrogen and oxygen atoms in total. The minimum Gasteiger partial charge on any atom is -0.370 e. The van der Waals surface area contributed by atoms with Crippen LogP contribution < -0.4 is 0 Å². The normalized spacial score (nSPS) is 12.7. The van der Waals surface area contributed by atoms with Crippen molar-refractivity contribution in [2.24, 2.45) is 0 Å². The second-order valence-electron chi connectivity index (χ2n) is 3.91. The topological polar surface area (TPSA) is 79.5 Å². The van der Waals surface area contributed by atoms with Crippen LogP contribution in [-0.4, -0.2) is 22.6 Å². The van der Waals surface area contributed by atoms with Crippen LogP contribution in [-0.2, 0) is 37.7 Å². The van der Waals surface area contributed by atoms with Crippen molar-refractivity contribution in [3.63, 3.8) is 0 Å². The van der Waals surface area contributed by atoms with Crippen molar-refractivity contribution in [1.82, 2.24) is 4.57 Å². The van der Waals surface area contributed by atoms with Crippen LogP contribution in [0.15, 0.2) is 48.7 Å². The monoisotopic (exact) mass is 451 g/mol. The molecule has 1 atom stereocenters. The maximum Gasteiger partial charge on any atom is 0.298 e. The van der Waals surface area contributed by atoms with Crippen molar-refractivity contribution < 1.29 is 39.1 Å². The summed E-state index contributed by atoms with van der Waals surface area (Å²) in [4.78, 5) is 0. The molecular weight excluding hydrogens is 438 g/mol. The van der Waals surface area contributed by atoms with Gasteiger partial charge in [0.15, 0.2) is 0 Å². The van der Waals surface area contributed by atoms with Crippen LogP contribution in [0.2, 0.25) is 0 Å². The molecule has 0 aliphatic heterocycles. The first-order chi connectivity index (χ1) is 8.48. The van der Waals surface area contributed by atoms with Gasteiger partial charge in [-0.3, -0.25) is 4.55 Å². The molecule has 2 aromatic rings. The maximum absolute atomic E-state index is 10.9. The smallest absolute Gasteiger partial charge is 0.298 e. The Morgan fingerprint density at radius 2 is 1.74 bits per heavy atom. The summed E-state index contributed by atoms with van der Waals surface area (Å²) in [6.45, 7) is 0.426. The summed E-state index contributed by atoms with van der Waals surface area (Å²) in [5.41, 5.74) is -0.810. The molecule has 0 bridgehead atoms. The first-order valence-corrected chi connectivity index (χ1v) is 6.82. The zero-order chi connectivity index (χ0) is 13.2. The summed E-state index contributed by atoms with van der Waals surface area (Å²) in [5, 5.41) is 9.55. The van der Waals surface area contributed by atoms with Crippen LogP contribution in [0.4, 0.5) is 0 Å². The van der Waals surface area contributed by atoms with E-state index in [9.17, 15) is 13.5 Å². The average molecular weight is 451 g/mol. The van der Waals surface area contributed by atoms with E-state index in [4.69, 9.17) is 4.55 Å². The van der Waals surface area contributed by atoms with Crippen LogP contribution in [0.5, 0.6) is 0 Å². The van der Waals surface area contributed by atoms with Crippen molar-refractivity contribution in [3.8, 4) is 0 Å². The van der Waals surface area contributed by atoms with Crippen LogP contribution in [0.1, 0.15) is 16.7 Å². The Bertz CT molecular complexity index is 624. The van der Waals surface area contributed by atoms with Crippen LogP contribution in [0, 0.1) is 0 Å². The van der Waals surface area contributed by atoms with E-state index in [-0.39, 0.29) is 26.8 Å². The van der Waals surface area contributed by atoms with Gasteiger partial charge in [0.2, 0.25) is 5.44 Å². The van der Waals surface area contributed by atoms with Crippen LogP contribution >= 0.6 is 0 Å².